The smallest absolute Gasteiger partial charge is 0.271 e. The average Bonchev–Trinajstić information content (AvgIpc) is 3.16. The molecule has 1 aliphatic heterocycles. The van der Waals surface area contributed by atoms with Gasteiger partial charge >= 0.3 is 0 Å². The van der Waals surface area contributed by atoms with Gasteiger partial charge in [-0.05, 0) is 120 Å². The van der Waals surface area contributed by atoms with Gasteiger partial charge in [0.25, 0.3) is 5.91 Å². The van der Waals surface area contributed by atoms with E-state index < -0.39 is 0 Å². The molecule has 5 nitrogen and oxygen atoms in total. The molecular formula is C31H31BrN2O3S. The number of amidine groups is 1. The molecule has 0 radical (unpaired) electrons. The zero-order valence-electron chi connectivity index (χ0n) is 22.3. The molecule has 0 N–H and O–H groups in total. The highest BCUT2D eigenvalue weighted by atomic mass is 79.9. The summed E-state index contributed by atoms with van der Waals surface area (Å²) in [6, 6.07) is 16.1. The normalized spacial score (nSPS) is 15.4. The fraction of sp³-hybridized carbons (Fsp3) is 0.226. The van der Waals surface area contributed by atoms with Gasteiger partial charge in [-0.3, -0.25) is 9.69 Å². The van der Waals surface area contributed by atoms with Crippen molar-refractivity contribution in [1.82, 2.24) is 0 Å². The van der Waals surface area contributed by atoms with Crippen LogP contribution in [0.15, 0.2) is 75.6 Å². The van der Waals surface area contributed by atoms with Crippen LogP contribution in [0.1, 0.15) is 34.7 Å². The van der Waals surface area contributed by atoms with Crippen molar-refractivity contribution >= 4 is 56.2 Å². The number of carbonyl (C=O) groups excluding carboxylic acids is 1. The van der Waals surface area contributed by atoms with Crippen molar-refractivity contribution in [2.45, 2.75) is 34.6 Å². The molecule has 0 aliphatic carbocycles. The second-order valence-electron chi connectivity index (χ2n) is 9.09. The van der Waals surface area contributed by atoms with Gasteiger partial charge in [0.1, 0.15) is 6.61 Å². The fourth-order valence-electron chi connectivity index (χ4n) is 4.03. The summed E-state index contributed by atoms with van der Waals surface area (Å²) < 4.78 is 12.4. The summed E-state index contributed by atoms with van der Waals surface area (Å²) in [5.41, 5.74) is 6.74. The molecule has 0 atom stereocenters. The highest BCUT2D eigenvalue weighted by molar-refractivity contribution is 9.10. The lowest BCUT2D eigenvalue weighted by Gasteiger charge is -2.19. The van der Waals surface area contributed by atoms with Gasteiger partial charge in [0.05, 0.1) is 27.4 Å². The number of thioether (sulfide) groups is 1. The number of anilines is 1. The predicted molar refractivity (Wildman–Crippen MR) is 163 cm³/mol. The van der Waals surface area contributed by atoms with Crippen molar-refractivity contribution < 1.29 is 14.3 Å². The van der Waals surface area contributed by atoms with Crippen molar-refractivity contribution in [3.63, 3.8) is 0 Å². The first-order valence-corrected chi connectivity index (χ1v) is 14.0. The zero-order chi connectivity index (χ0) is 27.4. The lowest BCUT2D eigenvalue weighted by atomic mass is 10.1. The molecule has 1 fully saturated rings. The van der Waals surface area contributed by atoms with E-state index in [1.807, 2.05) is 77.1 Å². The van der Waals surface area contributed by atoms with E-state index in [0.29, 0.717) is 34.8 Å². The zero-order valence-corrected chi connectivity index (χ0v) is 24.7. The molecule has 0 bridgehead atoms. The number of ether oxygens (including phenoxy) is 2. The quantitative estimate of drug-likeness (QED) is 0.195. The molecule has 0 unspecified atom stereocenters. The number of amides is 1. The molecule has 7 heteroatoms. The summed E-state index contributed by atoms with van der Waals surface area (Å²) in [5, 5.41) is 0.624. The maximum atomic E-state index is 13.9. The molecule has 1 heterocycles. The van der Waals surface area contributed by atoms with Crippen molar-refractivity contribution in [1.29, 1.82) is 0 Å². The Morgan fingerprint density at radius 2 is 1.71 bits per heavy atom. The molecule has 1 amide bonds. The van der Waals surface area contributed by atoms with Crippen LogP contribution in [-0.4, -0.2) is 24.3 Å². The Hall–Kier alpha value is -3.29. The molecule has 3 aromatic rings. The summed E-state index contributed by atoms with van der Waals surface area (Å²) in [7, 11) is 0. The van der Waals surface area contributed by atoms with Crippen molar-refractivity contribution in [3.8, 4) is 11.5 Å². The largest absolute Gasteiger partial charge is 0.490 e. The SMILES string of the molecule is C=CCOc1c(Br)cc(/C=C2\SC(=Nc3cc(C)ccc3C)N(c3cc(C)ccc3C)C2=O)cc1OCC. The van der Waals surface area contributed by atoms with Crippen LogP contribution in [0, 0.1) is 27.7 Å². The van der Waals surface area contributed by atoms with Gasteiger partial charge in [-0.2, -0.15) is 0 Å². The number of benzene rings is 3. The van der Waals surface area contributed by atoms with Crippen LogP contribution in [0.2, 0.25) is 0 Å². The maximum absolute atomic E-state index is 13.9. The Balaban J connectivity index is 1.83. The molecule has 0 saturated carbocycles. The van der Waals surface area contributed by atoms with Crippen LogP contribution in [0.25, 0.3) is 6.08 Å². The summed E-state index contributed by atoms with van der Waals surface area (Å²) in [6.45, 7) is 14.6. The standard InChI is InChI=1S/C31H31BrN2O3S/c1-7-13-37-29-24(32)16-23(17-27(29)36-8-2)18-28-30(35)34(26-15-20(4)10-12-22(26)6)31(38-28)33-25-14-19(3)9-11-21(25)5/h7,9-12,14-18H,1,8,13H2,2-6H3/b28-18-,33-31?. The topological polar surface area (TPSA) is 51.1 Å². The molecular weight excluding hydrogens is 560 g/mol. The van der Waals surface area contributed by atoms with E-state index in [1.54, 1.807) is 11.0 Å². The Kier molecular flexibility index (Phi) is 8.80. The van der Waals surface area contributed by atoms with Gasteiger partial charge in [0.15, 0.2) is 16.7 Å². The van der Waals surface area contributed by atoms with Gasteiger partial charge in [0, 0.05) is 0 Å². The van der Waals surface area contributed by atoms with Crippen LogP contribution in [0.3, 0.4) is 0 Å². The molecule has 3 aromatic carbocycles. The monoisotopic (exact) mass is 590 g/mol. The minimum Gasteiger partial charge on any atom is -0.490 e. The molecule has 1 aliphatic rings. The minimum atomic E-state index is -0.117. The number of carbonyl (C=O) groups is 1. The van der Waals surface area contributed by atoms with E-state index in [4.69, 9.17) is 14.5 Å². The van der Waals surface area contributed by atoms with Gasteiger partial charge in [0.2, 0.25) is 0 Å². The number of halogens is 1. The summed E-state index contributed by atoms with van der Waals surface area (Å²) in [5.74, 6) is 1.09. The summed E-state index contributed by atoms with van der Waals surface area (Å²) in [4.78, 5) is 21.2. The Morgan fingerprint density at radius 1 is 1.00 bits per heavy atom. The number of rotatable bonds is 8. The van der Waals surface area contributed by atoms with Crippen LogP contribution >= 0.6 is 27.7 Å². The molecule has 4 rings (SSSR count). The van der Waals surface area contributed by atoms with Crippen molar-refractivity contribution in [2.75, 3.05) is 18.1 Å². The third-order valence-electron chi connectivity index (χ3n) is 5.97. The van der Waals surface area contributed by atoms with E-state index in [2.05, 4.69) is 34.6 Å². The number of aliphatic imine (C=N–C) groups is 1. The number of hydrogen-bond donors (Lipinski definition) is 0. The van der Waals surface area contributed by atoms with Crippen molar-refractivity contribution in [3.05, 3.63) is 98.4 Å². The lowest BCUT2D eigenvalue weighted by molar-refractivity contribution is -0.113. The number of hydrogen-bond acceptors (Lipinski definition) is 5. The number of nitrogens with zero attached hydrogens (tertiary/aromatic N) is 2. The predicted octanol–water partition coefficient (Wildman–Crippen LogP) is 8.45. The van der Waals surface area contributed by atoms with E-state index in [1.165, 1.54) is 11.8 Å². The number of aryl methyl sites for hydroxylation is 4. The molecule has 0 spiro atoms. The molecule has 0 aromatic heterocycles. The highest BCUT2D eigenvalue weighted by Gasteiger charge is 2.36. The van der Waals surface area contributed by atoms with Crippen LogP contribution in [0.5, 0.6) is 11.5 Å². The third kappa shape index (κ3) is 6.05. The summed E-state index contributed by atoms with van der Waals surface area (Å²) >= 11 is 4.98. The second kappa shape index (κ2) is 12.0. The van der Waals surface area contributed by atoms with Gasteiger partial charge in [-0.25, -0.2) is 4.99 Å². The lowest BCUT2D eigenvalue weighted by Crippen LogP contribution is -2.29. The Labute approximate surface area is 237 Å². The Morgan fingerprint density at radius 3 is 2.42 bits per heavy atom. The van der Waals surface area contributed by atoms with E-state index in [0.717, 1.165) is 43.7 Å². The summed E-state index contributed by atoms with van der Waals surface area (Å²) in [6.07, 6.45) is 3.56. The van der Waals surface area contributed by atoms with E-state index in [9.17, 15) is 4.79 Å². The Bertz CT molecular complexity index is 1460. The first kappa shape index (κ1) is 27.7. The van der Waals surface area contributed by atoms with Crippen molar-refractivity contribution in [2.24, 2.45) is 4.99 Å². The first-order chi connectivity index (χ1) is 18.2. The molecule has 38 heavy (non-hydrogen) atoms. The van der Waals surface area contributed by atoms with Crippen LogP contribution in [0.4, 0.5) is 11.4 Å². The second-order valence-corrected chi connectivity index (χ2v) is 11.0. The van der Waals surface area contributed by atoms with Crippen LogP contribution in [-0.2, 0) is 4.79 Å². The third-order valence-corrected chi connectivity index (χ3v) is 7.53. The average molecular weight is 592 g/mol. The van der Waals surface area contributed by atoms with E-state index >= 15 is 0 Å². The van der Waals surface area contributed by atoms with Gasteiger partial charge < -0.3 is 9.47 Å². The van der Waals surface area contributed by atoms with E-state index in [-0.39, 0.29) is 5.91 Å². The van der Waals surface area contributed by atoms with Gasteiger partial charge in [-0.15, -0.1) is 0 Å². The van der Waals surface area contributed by atoms with Crippen LogP contribution < -0.4 is 14.4 Å². The molecule has 196 valence electrons. The highest BCUT2D eigenvalue weighted by Crippen LogP contribution is 2.42. The molecule has 1 saturated heterocycles. The first-order valence-electron chi connectivity index (χ1n) is 12.4. The van der Waals surface area contributed by atoms with Gasteiger partial charge in [-0.1, -0.05) is 36.9 Å². The maximum Gasteiger partial charge on any atom is 0.271 e. The fourth-order valence-corrected chi connectivity index (χ4v) is 5.59. The minimum absolute atomic E-state index is 0.117.